The van der Waals surface area contributed by atoms with Gasteiger partial charge in [0, 0.05) is 29.9 Å². The lowest BCUT2D eigenvalue weighted by Gasteiger charge is -2.17. The van der Waals surface area contributed by atoms with Crippen molar-refractivity contribution in [2.45, 2.75) is 11.4 Å². The number of thiophene rings is 1. The van der Waals surface area contributed by atoms with Gasteiger partial charge in [0.15, 0.2) is 0 Å². The van der Waals surface area contributed by atoms with Gasteiger partial charge in [0.05, 0.1) is 4.90 Å². The average Bonchev–Trinajstić information content (AvgIpc) is 2.78. The second kappa shape index (κ2) is 6.84. The van der Waals surface area contributed by atoms with E-state index in [9.17, 15) is 8.42 Å². The predicted molar refractivity (Wildman–Crippen MR) is 76.2 cm³/mol. The maximum absolute atomic E-state index is 12.3. The van der Waals surface area contributed by atoms with Crippen molar-refractivity contribution < 1.29 is 8.42 Å². The van der Waals surface area contributed by atoms with E-state index >= 15 is 0 Å². The van der Waals surface area contributed by atoms with E-state index in [-0.39, 0.29) is 13.1 Å². The maximum atomic E-state index is 12.3. The summed E-state index contributed by atoms with van der Waals surface area (Å²) in [5, 5.41) is 4.67. The highest BCUT2D eigenvalue weighted by molar-refractivity contribution is 7.89. The topological polar surface area (TPSA) is 49.4 Å². The molecule has 0 saturated carbocycles. The Hall–Kier alpha value is -0.950. The fraction of sp³-hybridized carbons (Fsp3) is 0.333. The SMILES string of the molecule is C=CCN(CC=C)S(=O)(=O)c1csc(CNC)c1. The summed E-state index contributed by atoms with van der Waals surface area (Å²) in [4.78, 5) is 1.33. The van der Waals surface area contributed by atoms with Crippen LogP contribution in [-0.2, 0) is 16.6 Å². The molecule has 0 atom stereocenters. The van der Waals surface area contributed by atoms with Crippen LogP contribution < -0.4 is 5.32 Å². The van der Waals surface area contributed by atoms with Crippen LogP contribution in [-0.4, -0.2) is 32.9 Å². The second-order valence-electron chi connectivity index (χ2n) is 3.68. The summed E-state index contributed by atoms with van der Waals surface area (Å²) in [6.07, 6.45) is 3.14. The Kier molecular flexibility index (Phi) is 5.74. The summed E-state index contributed by atoms with van der Waals surface area (Å²) < 4.78 is 26.0. The lowest BCUT2D eigenvalue weighted by atomic mass is 10.5. The molecule has 1 N–H and O–H groups in total. The van der Waals surface area contributed by atoms with Gasteiger partial charge in [0.2, 0.25) is 10.0 Å². The fourth-order valence-corrected chi connectivity index (χ4v) is 4.13. The summed E-state index contributed by atoms with van der Waals surface area (Å²) >= 11 is 1.43. The van der Waals surface area contributed by atoms with Crippen molar-refractivity contribution in [2.24, 2.45) is 0 Å². The monoisotopic (exact) mass is 286 g/mol. The number of hydrogen-bond donors (Lipinski definition) is 1. The third-order valence-electron chi connectivity index (χ3n) is 2.28. The highest BCUT2D eigenvalue weighted by Crippen LogP contribution is 2.22. The zero-order chi connectivity index (χ0) is 13.6. The Morgan fingerprint density at radius 3 is 2.50 bits per heavy atom. The first-order valence-electron chi connectivity index (χ1n) is 5.50. The summed E-state index contributed by atoms with van der Waals surface area (Å²) in [6, 6.07) is 1.70. The van der Waals surface area contributed by atoms with Crippen LogP contribution in [0.25, 0.3) is 0 Å². The van der Waals surface area contributed by atoms with Gasteiger partial charge in [-0.3, -0.25) is 0 Å². The molecular formula is C12H18N2O2S2. The Morgan fingerprint density at radius 2 is 2.00 bits per heavy atom. The molecular weight excluding hydrogens is 268 g/mol. The normalized spacial score (nSPS) is 11.7. The zero-order valence-electron chi connectivity index (χ0n) is 10.4. The van der Waals surface area contributed by atoms with Crippen molar-refractivity contribution in [3.63, 3.8) is 0 Å². The van der Waals surface area contributed by atoms with Crippen LogP contribution in [0.5, 0.6) is 0 Å². The highest BCUT2D eigenvalue weighted by Gasteiger charge is 2.23. The lowest BCUT2D eigenvalue weighted by molar-refractivity contribution is 0.474. The molecule has 1 rings (SSSR count). The van der Waals surface area contributed by atoms with E-state index in [4.69, 9.17) is 0 Å². The molecule has 0 aromatic carbocycles. The first-order valence-corrected chi connectivity index (χ1v) is 7.82. The number of hydrogen-bond acceptors (Lipinski definition) is 4. The van der Waals surface area contributed by atoms with Crippen LogP contribution in [0.1, 0.15) is 4.88 Å². The molecule has 0 saturated heterocycles. The van der Waals surface area contributed by atoms with Gasteiger partial charge in [-0.25, -0.2) is 8.42 Å². The number of nitrogens with one attached hydrogen (secondary N) is 1. The van der Waals surface area contributed by atoms with Crippen LogP contribution in [0.2, 0.25) is 0 Å². The van der Waals surface area contributed by atoms with Gasteiger partial charge < -0.3 is 5.32 Å². The summed E-state index contributed by atoms with van der Waals surface area (Å²) in [5.74, 6) is 0. The van der Waals surface area contributed by atoms with Gasteiger partial charge in [-0.1, -0.05) is 12.2 Å². The van der Waals surface area contributed by atoms with Crippen molar-refractivity contribution in [3.05, 3.63) is 41.6 Å². The van der Waals surface area contributed by atoms with E-state index in [1.54, 1.807) is 23.6 Å². The Labute approximate surface area is 113 Å². The maximum Gasteiger partial charge on any atom is 0.244 e. The first kappa shape index (κ1) is 15.1. The third-order valence-corrected chi connectivity index (χ3v) is 5.18. The average molecular weight is 286 g/mol. The van der Waals surface area contributed by atoms with Crippen molar-refractivity contribution in [3.8, 4) is 0 Å². The van der Waals surface area contributed by atoms with Gasteiger partial charge in [-0.2, -0.15) is 4.31 Å². The van der Waals surface area contributed by atoms with Gasteiger partial charge in [-0.15, -0.1) is 24.5 Å². The molecule has 1 aromatic rings. The molecule has 0 aliphatic heterocycles. The van der Waals surface area contributed by atoms with Gasteiger partial charge >= 0.3 is 0 Å². The van der Waals surface area contributed by atoms with Crippen LogP contribution in [0, 0.1) is 0 Å². The molecule has 4 nitrogen and oxygen atoms in total. The van der Waals surface area contributed by atoms with Crippen molar-refractivity contribution in [2.75, 3.05) is 20.1 Å². The van der Waals surface area contributed by atoms with Crippen LogP contribution >= 0.6 is 11.3 Å². The van der Waals surface area contributed by atoms with Gasteiger partial charge in [-0.05, 0) is 13.1 Å². The third kappa shape index (κ3) is 3.52. The molecule has 18 heavy (non-hydrogen) atoms. The number of sulfonamides is 1. The standard InChI is InChI=1S/C12H18N2O2S2/c1-4-6-14(7-5-2)18(15,16)12-8-11(9-13-3)17-10-12/h4-5,8,10,13H,1-2,6-7,9H2,3H3. The molecule has 0 spiro atoms. The molecule has 0 aliphatic carbocycles. The minimum atomic E-state index is -3.45. The van der Waals surface area contributed by atoms with Crippen LogP contribution in [0.4, 0.5) is 0 Å². The van der Waals surface area contributed by atoms with Crippen molar-refractivity contribution in [1.29, 1.82) is 0 Å². The van der Waals surface area contributed by atoms with E-state index < -0.39 is 10.0 Å². The quantitative estimate of drug-likeness (QED) is 0.742. The molecule has 6 heteroatoms. The second-order valence-corrected chi connectivity index (χ2v) is 6.61. The van der Waals surface area contributed by atoms with E-state index in [0.29, 0.717) is 11.4 Å². The molecule has 0 bridgehead atoms. The molecule has 1 aromatic heterocycles. The largest absolute Gasteiger partial charge is 0.315 e. The summed E-state index contributed by atoms with van der Waals surface area (Å²) in [5.41, 5.74) is 0. The molecule has 1 heterocycles. The minimum absolute atomic E-state index is 0.283. The molecule has 0 unspecified atom stereocenters. The molecule has 0 radical (unpaired) electrons. The fourth-order valence-electron chi connectivity index (χ4n) is 1.47. The Morgan fingerprint density at radius 1 is 1.39 bits per heavy atom. The van der Waals surface area contributed by atoms with Crippen molar-refractivity contribution >= 4 is 21.4 Å². The number of rotatable bonds is 8. The van der Waals surface area contributed by atoms with Crippen LogP contribution in [0.15, 0.2) is 41.7 Å². The van der Waals surface area contributed by atoms with E-state index in [0.717, 1.165) is 4.88 Å². The highest BCUT2D eigenvalue weighted by atomic mass is 32.2. The Balaban J connectivity index is 3.01. The number of nitrogens with zero attached hydrogens (tertiary/aromatic N) is 1. The molecule has 0 aliphatic rings. The van der Waals surface area contributed by atoms with Crippen LogP contribution in [0.3, 0.4) is 0 Å². The molecule has 0 amide bonds. The zero-order valence-corrected chi connectivity index (χ0v) is 12.1. The molecule has 100 valence electrons. The lowest BCUT2D eigenvalue weighted by Crippen LogP contribution is -2.31. The van der Waals surface area contributed by atoms with E-state index in [1.165, 1.54) is 15.6 Å². The first-order chi connectivity index (χ1) is 8.56. The van der Waals surface area contributed by atoms with Gasteiger partial charge in [0.25, 0.3) is 0 Å². The smallest absolute Gasteiger partial charge is 0.244 e. The van der Waals surface area contributed by atoms with E-state index in [2.05, 4.69) is 18.5 Å². The van der Waals surface area contributed by atoms with Crippen molar-refractivity contribution in [1.82, 2.24) is 9.62 Å². The van der Waals surface area contributed by atoms with Gasteiger partial charge in [0.1, 0.15) is 0 Å². The predicted octanol–water partition coefficient (Wildman–Crippen LogP) is 1.83. The van der Waals surface area contributed by atoms with E-state index in [1.807, 2.05) is 7.05 Å². The summed E-state index contributed by atoms with van der Waals surface area (Å²) in [6.45, 7) is 8.39. The summed E-state index contributed by atoms with van der Waals surface area (Å²) in [7, 11) is -1.62. The Bertz CT molecular complexity index is 496. The minimum Gasteiger partial charge on any atom is -0.315 e. The molecule has 0 fully saturated rings.